The zero-order valence-corrected chi connectivity index (χ0v) is 26.0. The summed E-state index contributed by atoms with van der Waals surface area (Å²) in [4.78, 5) is 17.2. The summed E-state index contributed by atoms with van der Waals surface area (Å²) in [5, 5.41) is 14.9. The van der Waals surface area contributed by atoms with Crippen molar-refractivity contribution in [1.29, 1.82) is 0 Å². The van der Waals surface area contributed by atoms with Gasteiger partial charge in [-0.25, -0.2) is 19.4 Å². The molecule has 1 aliphatic heterocycles. The van der Waals surface area contributed by atoms with E-state index in [0.717, 1.165) is 33.9 Å². The summed E-state index contributed by atoms with van der Waals surface area (Å²) < 4.78 is 14.3. The number of aliphatic imine (C=N–C) groups is 3. The zero-order chi connectivity index (χ0) is 31.7. The fourth-order valence-corrected chi connectivity index (χ4v) is 4.26. The van der Waals surface area contributed by atoms with Gasteiger partial charge in [0.15, 0.2) is 0 Å². The lowest BCUT2D eigenvalue weighted by Crippen LogP contribution is -2.41. The number of aliphatic hydroxyl groups is 1. The van der Waals surface area contributed by atoms with Crippen molar-refractivity contribution in [1.82, 2.24) is 15.4 Å². The number of hydrogen-bond donors (Lipinski definition) is 3. The summed E-state index contributed by atoms with van der Waals surface area (Å²) in [5.74, 6) is 0.345. The van der Waals surface area contributed by atoms with Gasteiger partial charge in [0, 0.05) is 55.3 Å². The van der Waals surface area contributed by atoms with Crippen LogP contribution in [0, 0.1) is 6.92 Å². The van der Waals surface area contributed by atoms with Gasteiger partial charge in [0.1, 0.15) is 5.83 Å². The van der Waals surface area contributed by atoms with Gasteiger partial charge in [-0.3, -0.25) is 15.4 Å². The molecule has 0 amide bonds. The van der Waals surface area contributed by atoms with E-state index in [0.29, 0.717) is 30.8 Å². The Morgan fingerprint density at radius 1 is 1.14 bits per heavy atom. The van der Waals surface area contributed by atoms with Crippen molar-refractivity contribution in [3.05, 3.63) is 125 Å². The normalized spacial score (nSPS) is 15.1. The van der Waals surface area contributed by atoms with Crippen molar-refractivity contribution in [2.75, 3.05) is 25.5 Å². The van der Waals surface area contributed by atoms with Crippen LogP contribution in [0.2, 0.25) is 0 Å². The molecule has 0 saturated carbocycles. The standard InChI is InChI=1S/C33H36FN7O.C2H6/c1-24-7-4-9-29(38-24)21-27(34)19-20-36-33(35-2)40-41(3)23-31-11-6-10-30(22-37-31)39-28-16-13-26(14-17-28)25-8-5-12-32(42)18-15-25;1-2/h4-9,11-17,19,22,39,42H,2,10,18,20-21,23H2,1,3H3,(H,36,40);1-2H3/b27-19+;. The van der Waals surface area contributed by atoms with Gasteiger partial charge in [-0.1, -0.05) is 56.4 Å². The van der Waals surface area contributed by atoms with Crippen LogP contribution in [0.25, 0.3) is 5.57 Å². The molecule has 0 bridgehead atoms. The third-order valence-electron chi connectivity index (χ3n) is 6.34. The minimum Gasteiger partial charge on any atom is -0.512 e. The Kier molecular flexibility index (Phi) is 13.7. The van der Waals surface area contributed by atoms with Gasteiger partial charge in [-0.2, -0.15) is 0 Å². The molecule has 0 radical (unpaired) electrons. The number of anilines is 1. The number of nitrogens with zero attached hydrogens (tertiary/aromatic N) is 5. The first-order chi connectivity index (χ1) is 21.4. The molecule has 2 aliphatic rings. The Balaban J connectivity index is 0.00000259. The van der Waals surface area contributed by atoms with Gasteiger partial charge < -0.3 is 10.4 Å². The average Bonchev–Trinajstić information content (AvgIpc) is 3.38. The van der Waals surface area contributed by atoms with E-state index in [1.807, 2.05) is 82.6 Å². The summed E-state index contributed by atoms with van der Waals surface area (Å²) in [5.41, 5.74) is 9.54. The first-order valence-corrected chi connectivity index (χ1v) is 14.7. The highest BCUT2D eigenvalue weighted by atomic mass is 19.1. The van der Waals surface area contributed by atoms with Crippen molar-refractivity contribution in [3.63, 3.8) is 0 Å². The maximum absolute atomic E-state index is 14.3. The molecule has 44 heavy (non-hydrogen) atoms. The van der Waals surface area contributed by atoms with Crippen LogP contribution in [0.1, 0.15) is 43.6 Å². The second-order valence-electron chi connectivity index (χ2n) is 9.85. The first-order valence-electron chi connectivity index (χ1n) is 14.7. The molecule has 0 fully saturated rings. The summed E-state index contributed by atoms with van der Waals surface area (Å²) >= 11 is 0. The van der Waals surface area contributed by atoms with E-state index in [-0.39, 0.29) is 24.8 Å². The van der Waals surface area contributed by atoms with Crippen LogP contribution in [-0.2, 0) is 6.42 Å². The monoisotopic (exact) mass is 595 g/mol. The number of guanidine groups is 1. The topological polar surface area (TPSA) is 97.5 Å². The largest absolute Gasteiger partial charge is 0.512 e. The maximum atomic E-state index is 14.3. The molecule has 230 valence electrons. The van der Waals surface area contributed by atoms with E-state index < -0.39 is 0 Å². The van der Waals surface area contributed by atoms with Crippen molar-refractivity contribution < 1.29 is 9.50 Å². The number of aliphatic hydroxyl groups excluding tert-OH is 1. The smallest absolute Gasteiger partial charge is 0.232 e. The van der Waals surface area contributed by atoms with E-state index in [9.17, 15) is 9.50 Å². The quantitative estimate of drug-likeness (QED) is 0.151. The Hall–Kier alpha value is -4.89. The van der Waals surface area contributed by atoms with E-state index >= 15 is 0 Å². The van der Waals surface area contributed by atoms with Crippen molar-refractivity contribution in [2.45, 2.75) is 40.0 Å². The first kappa shape index (κ1) is 33.6. The number of benzene rings is 1. The molecular formula is C35H42FN7O. The van der Waals surface area contributed by atoms with Gasteiger partial charge in [0.25, 0.3) is 0 Å². The fourth-order valence-electron chi connectivity index (χ4n) is 4.26. The van der Waals surface area contributed by atoms with Crippen LogP contribution in [0.3, 0.4) is 0 Å². The number of allylic oxidation sites excluding steroid dienone is 7. The molecule has 0 atom stereocenters. The van der Waals surface area contributed by atoms with Crippen LogP contribution in [-0.4, -0.2) is 53.6 Å². The lowest BCUT2D eigenvalue weighted by Gasteiger charge is -2.18. The number of nitrogens with one attached hydrogen (secondary N) is 2. The predicted molar refractivity (Wildman–Crippen MR) is 183 cm³/mol. The van der Waals surface area contributed by atoms with E-state index in [1.54, 1.807) is 17.2 Å². The SMILES string of the molecule is C=NC(=NC/C=C(/F)Cc1cccc(C)n1)NN(C)CC1=NC=C(Nc2ccc(C3=CCC(O)=CC=C3)cc2)CC=C1.CC. The molecule has 3 N–H and O–H groups in total. The molecule has 1 aromatic carbocycles. The van der Waals surface area contributed by atoms with Gasteiger partial charge in [0.2, 0.25) is 5.96 Å². The highest BCUT2D eigenvalue weighted by Crippen LogP contribution is 2.23. The molecule has 2 heterocycles. The summed E-state index contributed by atoms with van der Waals surface area (Å²) in [6, 6.07) is 13.7. The van der Waals surface area contributed by atoms with Crippen LogP contribution in [0.4, 0.5) is 10.1 Å². The third-order valence-corrected chi connectivity index (χ3v) is 6.34. The molecule has 0 spiro atoms. The molecular weight excluding hydrogens is 553 g/mol. The second kappa shape index (κ2) is 17.9. The van der Waals surface area contributed by atoms with Crippen LogP contribution in [0.5, 0.6) is 0 Å². The van der Waals surface area contributed by atoms with Crippen molar-refractivity contribution in [2.24, 2.45) is 15.0 Å². The number of aromatic nitrogens is 1. The molecule has 4 rings (SSSR count). The number of hydrazine groups is 1. The van der Waals surface area contributed by atoms with Gasteiger partial charge in [0.05, 0.1) is 24.6 Å². The lowest BCUT2D eigenvalue weighted by molar-refractivity contribution is 0.334. The van der Waals surface area contributed by atoms with Gasteiger partial charge in [-0.05, 0) is 67.3 Å². The number of rotatable bonds is 10. The predicted octanol–water partition coefficient (Wildman–Crippen LogP) is 7.44. The molecule has 1 aliphatic carbocycles. The van der Waals surface area contributed by atoms with Gasteiger partial charge >= 0.3 is 0 Å². The van der Waals surface area contributed by atoms with Crippen LogP contribution < -0.4 is 10.7 Å². The fraction of sp³-hybridized carbons (Fsp3) is 0.257. The van der Waals surface area contributed by atoms with E-state index in [1.165, 1.54) is 6.08 Å². The highest BCUT2D eigenvalue weighted by molar-refractivity contribution is 5.97. The Labute approximate surface area is 260 Å². The molecule has 0 unspecified atom stereocenters. The summed E-state index contributed by atoms with van der Waals surface area (Å²) in [6.45, 7) is 10.1. The van der Waals surface area contributed by atoms with Crippen molar-refractivity contribution in [3.8, 4) is 0 Å². The number of hydrogen-bond acceptors (Lipinski definition) is 6. The minimum atomic E-state index is -0.299. The molecule has 2 aromatic rings. The number of halogens is 1. The Morgan fingerprint density at radius 3 is 2.68 bits per heavy atom. The minimum absolute atomic E-state index is 0.127. The zero-order valence-electron chi connectivity index (χ0n) is 26.0. The summed E-state index contributed by atoms with van der Waals surface area (Å²) in [6.07, 6.45) is 16.2. The molecule has 8 nitrogen and oxygen atoms in total. The van der Waals surface area contributed by atoms with Crippen molar-refractivity contribution >= 4 is 29.6 Å². The van der Waals surface area contributed by atoms with E-state index in [2.05, 4.69) is 55.6 Å². The number of aryl methyl sites for hydroxylation is 1. The maximum Gasteiger partial charge on any atom is 0.232 e. The van der Waals surface area contributed by atoms with Crippen LogP contribution >= 0.6 is 0 Å². The molecule has 9 heteroatoms. The second-order valence-corrected chi connectivity index (χ2v) is 9.85. The Morgan fingerprint density at radius 2 is 1.93 bits per heavy atom. The third kappa shape index (κ3) is 11.4. The number of pyridine rings is 1. The molecule has 0 saturated heterocycles. The summed E-state index contributed by atoms with van der Waals surface area (Å²) in [7, 11) is 1.85. The lowest BCUT2D eigenvalue weighted by atomic mass is 10.0. The van der Waals surface area contributed by atoms with Gasteiger partial charge in [-0.15, -0.1) is 0 Å². The molecule has 1 aromatic heterocycles. The van der Waals surface area contributed by atoms with Crippen LogP contribution in [0.15, 0.2) is 123 Å². The highest BCUT2D eigenvalue weighted by Gasteiger charge is 2.08. The van der Waals surface area contributed by atoms with E-state index in [4.69, 9.17) is 0 Å². The average molecular weight is 596 g/mol. The Bertz CT molecular complexity index is 1510.